The first-order valence-electron chi connectivity index (χ1n) is 4.46. The van der Waals surface area contributed by atoms with Crippen molar-refractivity contribution >= 4 is 44.0 Å². The Balaban J connectivity index is 2.19. The molecular weight excluding hydrogens is 312 g/mol. The van der Waals surface area contributed by atoms with E-state index in [1.54, 1.807) is 6.21 Å². The molecule has 2 rings (SSSR count). The molecular formula is C9H10Br2N2O. The molecule has 1 amide bonds. The van der Waals surface area contributed by atoms with Crippen molar-refractivity contribution in [2.75, 3.05) is 13.1 Å². The Morgan fingerprint density at radius 2 is 2.43 bits per heavy atom. The number of likely N-dealkylation sites (tertiary alicyclic amines) is 1. The number of hydrogen-bond donors (Lipinski definition) is 0. The Kier molecular flexibility index (Phi) is 2.79. The van der Waals surface area contributed by atoms with Crippen molar-refractivity contribution in [3.05, 3.63) is 12.2 Å². The van der Waals surface area contributed by atoms with Gasteiger partial charge in [0.1, 0.15) is 4.45 Å². The van der Waals surface area contributed by atoms with Crippen LogP contribution in [0.2, 0.25) is 0 Å². The molecule has 0 aromatic heterocycles. The van der Waals surface area contributed by atoms with Gasteiger partial charge in [0.2, 0.25) is 5.91 Å². The molecule has 2 atom stereocenters. The molecule has 2 aliphatic heterocycles. The zero-order chi connectivity index (χ0) is 10.2. The summed E-state index contributed by atoms with van der Waals surface area (Å²) in [5, 5.41) is 0. The highest BCUT2D eigenvalue weighted by Gasteiger charge is 2.41. The predicted octanol–water partition coefficient (Wildman–Crippen LogP) is 1.71. The van der Waals surface area contributed by atoms with Crippen molar-refractivity contribution in [3.8, 4) is 0 Å². The van der Waals surface area contributed by atoms with Crippen molar-refractivity contribution < 1.29 is 4.79 Å². The van der Waals surface area contributed by atoms with E-state index < -0.39 is 4.45 Å². The zero-order valence-corrected chi connectivity index (χ0v) is 10.7. The molecule has 0 radical (unpaired) electrons. The Bertz CT molecular complexity index is 316. The van der Waals surface area contributed by atoms with Crippen LogP contribution in [0.4, 0.5) is 0 Å². The maximum absolute atomic E-state index is 11.8. The number of nitrogens with zero attached hydrogens (tertiary/aromatic N) is 2. The second-order valence-corrected chi connectivity index (χ2v) is 5.89. The molecule has 0 spiro atoms. The lowest BCUT2D eigenvalue weighted by Crippen LogP contribution is -2.47. The van der Waals surface area contributed by atoms with E-state index in [2.05, 4.69) is 36.9 Å². The van der Waals surface area contributed by atoms with Crippen LogP contribution in [0, 0.1) is 0 Å². The molecule has 0 unspecified atom stereocenters. The maximum Gasteiger partial charge on any atom is 0.237 e. The largest absolute Gasteiger partial charge is 0.321 e. The Hall–Kier alpha value is -0.160. The molecule has 5 heteroatoms. The standard InChI is InChI=1S/C9H10Br2N2O/c10-7-2-5-13(8(7)14)9(11)3-1-4-12-6-9/h1,3-4,7H,2,5-6H2/t7-,9-/m1/s1. The molecule has 2 heterocycles. The van der Waals surface area contributed by atoms with E-state index in [1.165, 1.54) is 0 Å². The number of aliphatic imine (C=N–C) groups is 1. The molecule has 1 fully saturated rings. The molecule has 0 N–H and O–H groups in total. The number of alkyl halides is 2. The van der Waals surface area contributed by atoms with E-state index in [4.69, 9.17) is 0 Å². The third-order valence-corrected chi connectivity index (χ3v) is 4.24. The predicted molar refractivity (Wildman–Crippen MR) is 63.2 cm³/mol. The van der Waals surface area contributed by atoms with E-state index in [1.807, 2.05) is 17.1 Å². The van der Waals surface area contributed by atoms with Crippen LogP contribution in [0.1, 0.15) is 6.42 Å². The fourth-order valence-electron chi connectivity index (χ4n) is 1.67. The van der Waals surface area contributed by atoms with Gasteiger partial charge in [-0.2, -0.15) is 0 Å². The molecule has 0 aromatic rings. The van der Waals surface area contributed by atoms with Crippen LogP contribution in [0.5, 0.6) is 0 Å². The Morgan fingerprint density at radius 3 is 2.93 bits per heavy atom. The normalized spacial score (nSPS) is 36.9. The fraction of sp³-hybridized carbons (Fsp3) is 0.556. The van der Waals surface area contributed by atoms with Gasteiger partial charge in [0.05, 0.1) is 11.4 Å². The van der Waals surface area contributed by atoms with E-state index in [0.717, 1.165) is 13.0 Å². The second-order valence-electron chi connectivity index (χ2n) is 3.41. The number of carbonyl (C=O) groups is 1. The van der Waals surface area contributed by atoms with Gasteiger partial charge in [-0.3, -0.25) is 9.79 Å². The minimum absolute atomic E-state index is 0.0313. The topological polar surface area (TPSA) is 32.7 Å². The first-order chi connectivity index (χ1) is 6.63. The molecule has 0 aliphatic carbocycles. The molecule has 0 saturated carbocycles. The van der Waals surface area contributed by atoms with E-state index >= 15 is 0 Å². The summed E-state index contributed by atoms with van der Waals surface area (Å²) in [6.45, 7) is 1.37. The van der Waals surface area contributed by atoms with Gasteiger partial charge in [0, 0.05) is 12.8 Å². The van der Waals surface area contributed by atoms with Crippen molar-refractivity contribution in [3.63, 3.8) is 0 Å². The summed E-state index contributed by atoms with van der Waals surface area (Å²) in [5.74, 6) is 0.142. The quantitative estimate of drug-likeness (QED) is 0.534. The molecule has 2 aliphatic rings. The summed E-state index contributed by atoms with van der Waals surface area (Å²) in [4.78, 5) is 17.7. The minimum Gasteiger partial charge on any atom is -0.321 e. The molecule has 0 aromatic carbocycles. The number of rotatable bonds is 1. The highest BCUT2D eigenvalue weighted by atomic mass is 79.9. The number of amides is 1. The van der Waals surface area contributed by atoms with E-state index in [0.29, 0.717) is 6.54 Å². The number of dihydropyridines is 1. The van der Waals surface area contributed by atoms with Gasteiger partial charge < -0.3 is 4.90 Å². The third kappa shape index (κ3) is 1.67. The smallest absolute Gasteiger partial charge is 0.237 e. The summed E-state index contributed by atoms with van der Waals surface area (Å²) in [6, 6.07) is 0. The lowest BCUT2D eigenvalue weighted by atomic mass is 10.2. The van der Waals surface area contributed by atoms with Gasteiger partial charge in [0.25, 0.3) is 0 Å². The van der Waals surface area contributed by atoms with Gasteiger partial charge in [-0.05, 0) is 18.6 Å². The SMILES string of the molecule is O=C1[C@H](Br)CCN1[C@]1(Br)C=CC=NC1. The van der Waals surface area contributed by atoms with Crippen molar-refractivity contribution in [1.29, 1.82) is 0 Å². The fourth-order valence-corrected chi connectivity index (χ4v) is 2.78. The lowest BCUT2D eigenvalue weighted by molar-refractivity contribution is -0.128. The van der Waals surface area contributed by atoms with Gasteiger partial charge in [0.15, 0.2) is 0 Å². The van der Waals surface area contributed by atoms with Crippen LogP contribution >= 0.6 is 31.9 Å². The first-order valence-corrected chi connectivity index (χ1v) is 6.16. The summed E-state index contributed by atoms with van der Waals surface area (Å²) in [7, 11) is 0. The highest BCUT2D eigenvalue weighted by molar-refractivity contribution is 9.10. The summed E-state index contributed by atoms with van der Waals surface area (Å²) in [5.41, 5.74) is 0. The minimum atomic E-state index is -0.401. The van der Waals surface area contributed by atoms with Crippen LogP contribution in [0.25, 0.3) is 0 Å². The second kappa shape index (κ2) is 3.77. The van der Waals surface area contributed by atoms with Crippen molar-refractivity contribution in [2.45, 2.75) is 15.7 Å². The third-order valence-electron chi connectivity index (χ3n) is 2.44. The lowest BCUT2D eigenvalue weighted by Gasteiger charge is -2.34. The van der Waals surface area contributed by atoms with Gasteiger partial charge in [-0.25, -0.2) is 0 Å². The van der Waals surface area contributed by atoms with E-state index in [-0.39, 0.29) is 10.7 Å². The average Bonchev–Trinajstić information content (AvgIpc) is 2.49. The molecule has 76 valence electrons. The van der Waals surface area contributed by atoms with Gasteiger partial charge in [-0.1, -0.05) is 31.9 Å². The highest BCUT2D eigenvalue weighted by Crippen LogP contribution is 2.33. The number of carbonyl (C=O) groups excluding carboxylic acids is 1. The van der Waals surface area contributed by atoms with Crippen LogP contribution in [0.3, 0.4) is 0 Å². The average molecular weight is 322 g/mol. The summed E-state index contributed by atoms with van der Waals surface area (Å²) in [6.07, 6.45) is 6.46. The summed E-state index contributed by atoms with van der Waals surface area (Å²) < 4.78 is -0.401. The van der Waals surface area contributed by atoms with Crippen LogP contribution in [-0.4, -0.2) is 39.4 Å². The number of halogens is 2. The van der Waals surface area contributed by atoms with Crippen LogP contribution < -0.4 is 0 Å². The first kappa shape index (κ1) is 10.4. The number of hydrogen-bond acceptors (Lipinski definition) is 2. The van der Waals surface area contributed by atoms with E-state index in [9.17, 15) is 4.79 Å². The van der Waals surface area contributed by atoms with Gasteiger partial charge >= 0.3 is 0 Å². The molecule has 1 saturated heterocycles. The molecule has 0 bridgehead atoms. The van der Waals surface area contributed by atoms with Crippen molar-refractivity contribution in [2.24, 2.45) is 4.99 Å². The monoisotopic (exact) mass is 320 g/mol. The van der Waals surface area contributed by atoms with Crippen LogP contribution in [0.15, 0.2) is 17.1 Å². The summed E-state index contributed by atoms with van der Waals surface area (Å²) >= 11 is 6.93. The molecule has 3 nitrogen and oxygen atoms in total. The number of allylic oxidation sites excluding steroid dienone is 1. The van der Waals surface area contributed by atoms with Crippen LogP contribution in [-0.2, 0) is 4.79 Å². The molecule has 14 heavy (non-hydrogen) atoms. The Labute approximate surface area is 99.5 Å². The maximum atomic E-state index is 11.8. The van der Waals surface area contributed by atoms with Gasteiger partial charge in [-0.15, -0.1) is 0 Å². The zero-order valence-electron chi connectivity index (χ0n) is 7.49. The van der Waals surface area contributed by atoms with Crippen molar-refractivity contribution in [1.82, 2.24) is 4.90 Å². The Morgan fingerprint density at radius 1 is 1.64 bits per heavy atom.